The maximum atomic E-state index is 11.5. The van der Waals surface area contributed by atoms with E-state index in [-0.39, 0.29) is 28.5 Å². The summed E-state index contributed by atoms with van der Waals surface area (Å²) in [4.78, 5) is 24.5. The fraction of sp³-hybridized carbons (Fsp3) is 0.556. The van der Waals surface area contributed by atoms with E-state index in [1.54, 1.807) is 11.8 Å². The van der Waals surface area contributed by atoms with Crippen LogP contribution in [-0.2, 0) is 0 Å². The lowest BCUT2D eigenvalue weighted by Gasteiger charge is -2.12. The predicted molar refractivity (Wildman–Crippen MR) is 58.1 cm³/mol. The molecule has 1 unspecified atom stereocenters. The average molecular weight is 228 g/mol. The molecule has 0 radical (unpaired) electrons. The van der Waals surface area contributed by atoms with Gasteiger partial charge in [-0.3, -0.25) is 14.3 Å². The molecule has 0 aromatic carbocycles. The van der Waals surface area contributed by atoms with Gasteiger partial charge in [-0.05, 0) is 12.8 Å². The van der Waals surface area contributed by atoms with Crippen molar-refractivity contribution in [2.24, 2.45) is 0 Å². The largest absolute Gasteiger partial charge is 0.395 e. The van der Waals surface area contributed by atoms with E-state index >= 15 is 0 Å². The van der Waals surface area contributed by atoms with E-state index in [1.807, 2.05) is 0 Å². The van der Waals surface area contributed by atoms with Crippen LogP contribution in [0.2, 0.25) is 0 Å². The highest BCUT2D eigenvalue weighted by molar-refractivity contribution is 8.00. The zero-order chi connectivity index (χ0) is 10.8. The number of aliphatic hydroxyl groups is 1. The zero-order valence-electron chi connectivity index (χ0n) is 8.05. The number of aromatic nitrogens is 2. The van der Waals surface area contributed by atoms with Gasteiger partial charge in [-0.2, -0.15) is 0 Å². The Balaban J connectivity index is 2.24. The van der Waals surface area contributed by atoms with Crippen LogP contribution < -0.4 is 11.2 Å². The summed E-state index contributed by atoms with van der Waals surface area (Å²) in [6.07, 6.45) is 3.26. The zero-order valence-corrected chi connectivity index (χ0v) is 8.87. The normalized spacial score (nSPS) is 25.7. The minimum absolute atomic E-state index is 0.0338. The Bertz CT molecular complexity index is 453. The Kier molecular flexibility index (Phi) is 2.97. The highest BCUT2D eigenvalue weighted by Crippen LogP contribution is 2.39. The van der Waals surface area contributed by atoms with Gasteiger partial charge in [0, 0.05) is 17.5 Å². The number of hydrogen-bond donors (Lipinski definition) is 2. The minimum atomic E-state index is -0.377. The van der Waals surface area contributed by atoms with E-state index in [2.05, 4.69) is 4.98 Å². The van der Waals surface area contributed by atoms with Gasteiger partial charge in [-0.1, -0.05) is 0 Å². The molecule has 5 nitrogen and oxygen atoms in total. The molecule has 1 saturated heterocycles. The van der Waals surface area contributed by atoms with Crippen molar-refractivity contribution >= 4 is 11.8 Å². The van der Waals surface area contributed by atoms with Gasteiger partial charge in [-0.15, -0.1) is 11.8 Å². The SMILES string of the molecule is O=c1ccn(C2CC[C@@H](CO)S2)c(=O)[nH]1. The minimum Gasteiger partial charge on any atom is -0.395 e. The van der Waals surface area contributed by atoms with E-state index < -0.39 is 0 Å². The van der Waals surface area contributed by atoms with Gasteiger partial charge >= 0.3 is 5.69 Å². The monoisotopic (exact) mass is 228 g/mol. The second kappa shape index (κ2) is 4.24. The Morgan fingerprint density at radius 3 is 2.93 bits per heavy atom. The summed E-state index contributed by atoms with van der Waals surface area (Å²) in [6, 6.07) is 1.34. The van der Waals surface area contributed by atoms with Crippen LogP contribution in [0.3, 0.4) is 0 Å². The number of nitrogens with one attached hydrogen (secondary N) is 1. The lowest BCUT2D eigenvalue weighted by atomic mass is 10.2. The quantitative estimate of drug-likeness (QED) is 0.742. The standard InChI is InChI=1S/C9H12N2O3S/c12-5-6-1-2-8(15-6)11-4-3-7(13)10-9(11)14/h3-4,6,8,12H,1-2,5H2,(H,10,13,14)/t6-,8?/m0/s1. The Morgan fingerprint density at radius 2 is 2.33 bits per heavy atom. The molecule has 1 aromatic rings. The van der Waals surface area contributed by atoms with Crippen LogP contribution >= 0.6 is 11.8 Å². The maximum Gasteiger partial charge on any atom is 0.329 e. The average Bonchev–Trinajstić information content (AvgIpc) is 2.66. The summed E-state index contributed by atoms with van der Waals surface area (Å²) in [7, 11) is 0. The third-order valence-electron chi connectivity index (χ3n) is 2.45. The van der Waals surface area contributed by atoms with Crippen molar-refractivity contribution in [3.63, 3.8) is 0 Å². The van der Waals surface area contributed by atoms with Crippen molar-refractivity contribution in [3.05, 3.63) is 33.1 Å². The van der Waals surface area contributed by atoms with Crippen molar-refractivity contribution in [2.45, 2.75) is 23.5 Å². The molecule has 2 N–H and O–H groups in total. The first-order chi connectivity index (χ1) is 7.20. The number of thioether (sulfide) groups is 1. The van der Waals surface area contributed by atoms with E-state index in [0.29, 0.717) is 0 Å². The van der Waals surface area contributed by atoms with Gasteiger partial charge in [0.05, 0.1) is 12.0 Å². The molecule has 2 atom stereocenters. The Hall–Kier alpha value is -1.01. The number of hydrogen-bond acceptors (Lipinski definition) is 4. The van der Waals surface area contributed by atoms with Crippen LogP contribution in [0.15, 0.2) is 21.9 Å². The summed E-state index contributed by atoms with van der Waals surface area (Å²) < 4.78 is 1.52. The molecule has 15 heavy (non-hydrogen) atoms. The predicted octanol–water partition coefficient (Wildman–Crippen LogP) is -0.0769. The van der Waals surface area contributed by atoms with E-state index in [9.17, 15) is 9.59 Å². The maximum absolute atomic E-state index is 11.5. The molecule has 2 heterocycles. The lowest BCUT2D eigenvalue weighted by Crippen LogP contribution is -2.29. The smallest absolute Gasteiger partial charge is 0.329 e. The summed E-state index contributed by atoms with van der Waals surface area (Å²) >= 11 is 1.57. The first-order valence-corrected chi connectivity index (χ1v) is 5.73. The van der Waals surface area contributed by atoms with Crippen LogP contribution in [-0.4, -0.2) is 26.5 Å². The topological polar surface area (TPSA) is 75.1 Å². The third-order valence-corrected chi connectivity index (χ3v) is 4.00. The van der Waals surface area contributed by atoms with Crippen molar-refractivity contribution in [1.82, 2.24) is 9.55 Å². The molecule has 1 aromatic heterocycles. The van der Waals surface area contributed by atoms with Crippen LogP contribution in [0, 0.1) is 0 Å². The second-order valence-corrected chi connectivity index (χ2v) is 4.97. The number of rotatable bonds is 2. The molecule has 0 amide bonds. The lowest BCUT2D eigenvalue weighted by molar-refractivity contribution is 0.292. The molecule has 1 aliphatic rings. The molecule has 0 bridgehead atoms. The summed E-state index contributed by atoms with van der Waals surface area (Å²) in [5.41, 5.74) is -0.753. The van der Waals surface area contributed by atoms with Gasteiger partial charge in [0.15, 0.2) is 0 Å². The first-order valence-electron chi connectivity index (χ1n) is 4.78. The molecule has 1 aliphatic heterocycles. The number of aliphatic hydroxyl groups excluding tert-OH is 1. The molecular weight excluding hydrogens is 216 g/mol. The fourth-order valence-corrected chi connectivity index (χ4v) is 3.05. The van der Waals surface area contributed by atoms with Gasteiger partial charge in [-0.25, -0.2) is 4.79 Å². The fourth-order valence-electron chi connectivity index (χ4n) is 1.68. The van der Waals surface area contributed by atoms with Crippen LogP contribution in [0.5, 0.6) is 0 Å². The van der Waals surface area contributed by atoms with Crippen LogP contribution in [0.1, 0.15) is 18.2 Å². The molecule has 2 rings (SSSR count). The molecule has 0 aliphatic carbocycles. The Labute approximate surface area is 90.1 Å². The van der Waals surface area contributed by atoms with Gasteiger partial charge in [0.2, 0.25) is 0 Å². The first kappa shape index (κ1) is 10.5. The van der Waals surface area contributed by atoms with E-state index in [1.165, 1.54) is 16.8 Å². The molecular formula is C9H12N2O3S. The number of aromatic amines is 1. The highest BCUT2D eigenvalue weighted by Gasteiger charge is 2.26. The molecule has 0 saturated carbocycles. The second-order valence-electron chi connectivity index (χ2n) is 3.49. The summed E-state index contributed by atoms with van der Waals surface area (Å²) in [5, 5.41) is 9.21. The van der Waals surface area contributed by atoms with Gasteiger partial charge < -0.3 is 5.11 Å². The molecule has 1 fully saturated rings. The molecule has 82 valence electrons. The van der Waals surface area contributed by atoms with E-state index in [4.69, 9.17) is 5.11 Å². The Morgan fingerprint density at radius 1 is 1.53 bits per heavy atom. The molecule has 6 heteroatoms. The van der Waals surface area contributed by atoms with Crippen LogP contribution in [0.4, 0.5) is 0 Å². The number of H-pyrrole nitrogens is 1. The summed E-state index contributed by atoms with van der Waals surface area (Å²) in [5.74, 6) is 0. The summed E-state index contributed by atoms with van der Waals surface area (Å²) in [6.45, 7) is 0.138. The van der Waals surface area contributed by atoms with Gasteiger partial charge in [0.25, 0.3) is 5.56 Å². The third kappa shape index (κ3) is 2.15. The van der Waals surface area contributed by atoms with Gasteiger partial charge in [0.1, 0.15) is 0 Å². The highest BCUT2D eigenvalue weighted by atomic mass is 32.2. The van der Waals surface area contributed by atoms with Crippen molar-refractivity contribution in [2.75, 3.05) is 6.61 Å². The number of nitrogens with zero attached hydrogens (tertiary/aromatic N) is 1. The van der Waals surface area contributed by atoms with Crippen molar-refractivity contribution < 1.29 is 5.11 Å². The molecule has 0 spiro atoms. The van der Waals surface area contributed by atoms with Crippen molar-refractivity contribution in [3.8, 4) is 0 Å². The van der Waals surface area contributed by atoms with Crippen molar-refractivity contribution in [1.29, 1.82) is 0 Å². The van der Waals surface area contributed by atoms with Crippen LogP contribution in [0.25, 0.3) is 0 Å². The van der Waals surface area contributed by atoms with E-state index in [0.717, 1.165) is 12.8 Å².